The molecule has 0 radical (unpaired) electrons. The van der Waals surface area contributed by atoms with Crippen LogP contribution in [-0.4, -0.2) is 11.9 Å². The van der Waals surface area contributed by atoms with Crippen molar-refractivity contribution in [2.75, 3.05) is 0 Å². The molecule has 0 saturated heterocycles. The molecule has 0 aromatic rings. The molecule has 0 aromatic carbocycles. The predicted octanol–water partition coefficient (Wildman–Crippen LogP) is 3.51. The monoisotopic (exact) mass is 225 g/mol. The van der Waals surface area contributed by atoms with Gasteiger partial charge in [0.15, 0.2) is 0 Å². The molecule has 0 aliphatic heterocycles. The number of hydrogen-bond acceptors (Lipinski definition) is 1. The maximum absolute atomic E-state index is 11.8. The van der Waals surface area contributed by atoms with Crippen molar-refractivity contribution in [1.29, 1.82) is 0 Å². The Kier molecular flexibility index (Phi) is 5.86. The minimum atomic E-state index is 0.281. The third-order valence-electron chi connectivity index (χ3n) is 3.61. The number of rotatable bonds is 5. The highest BCUT2D eigenvalue weighted by Crippen LogP contribution is 2.31. The van der Waals surface area contributed by atoms with E-state index in [1.807, 2.05) is 13.8 Å². The highest BCUT2D eigenvalue weighted by Gasteiger charge is 2.25. The third kappa shape index (κ3) is 4.54. The molecular weight excluding hydrogens is 198 g/mol. The van der Waals surface area contributed by atoms with Gasteiger partial charge in [0.25, 0.3) is 0 Å². The summed E-state index contributed by atoms with van der Waals surface area (Å²) in [6, 6.07) is 0.283. The summed E-state index contributed by atoms with van der Waals surface area (Å²) < 4.78 is 0. The summed E-state index contributed by atoms with van der Waals surface area (Å²) in [6.07, 6.45) is 8.75. The zero-order valence-corrected chi connectivity index (χ0v) is 11.1. The van der Waals surface area contributed by atoms with Crippen LogP contribution in [0.2, 0.25) is 0 Å². The van der Waals surface area contributed by atoms with Crippen molar-refractivity contribution in [3.05, 3.63) is 0 Å². The molecule has 0 atom stereocenters. The van der Waals surface area contributed by atoms with Crippen LogP contribution in [0.4, 0.5) is 0 Å². The molecule has 1 aliphatic carbocycles. The third-order valence-corrected chi connectivity index (χ3v) is 3.61. The fraction of sp³-hybridized carbons (Fsp3) is 0.929. The van der Waals surface area contributed by atoms with Gasteiger partial charge in [0.1, 0.15) is 0 Å². The second-order valence-electron chi connectivity index (χ2n) is 5.52. The van der Waals surface area contributed by atoms with Gasteiger partial charge >= 0.3 is 0 Å². The van der Waals surface area contributed by atoms with E-state index < -0.39 is 0 Å². The van der Waals surface area contributed by atoms with Gasteiger partial charge in [-0.15, -0.1) is 0 Å². The Morgan fingerprint density at radius 3 is 2.38 bits per heavy atom. The molecule has 0 bridgehead atoms. The van der Waals surface area contributed by atoms with Crippen LogP contribution < -0.4 is 5.32 Å². The van der Waals surface area contributed by atoms with Gasteiger partial charge in [-0.05, 0) is 45.4 Å². The molecule has 1 rings (SSSR count). The molecule has 1 aliphatic rings. The van der Waals surface area contributed by atoms with Crippen molar-refractivity contribution in [3.8, 4) is 0 Å². The van der Waals surface area contributed by atoms with Crippen LogP contribution in [0.25, 0.3) is 0 Å². The molecule has 1 N–H and O–H groups in total. The Bertz CT molecular complexity index is 205. The fourth-order valence-electron chi connectivity index (χ4n) is 2.61. The molecule has 1 fully saturated rings. The Hall–Kier alpha value is -0.530. The lowest BCUT2D eigenvalue weighted by molar-refractivity contribution is -0.126. The van der Waals surface area contributed by atoms with Crippen molar-refractivity contribution in [2.45, 2.75) is 71.8 Å². The van der Waals surface area contributed by atoms with Crippen LogP contribution in [0.1, 0.15) is 65.7 Å². The van der Waals surface area contributed by atoms with Crippen LogP contribution in [0.3, 0.4) is 0 Å². The standard InChI is InChI=1S/C14H27NO/c1-4-5-6-12-7-9-13(10-8-12)14(16)15-11(2)3/h11-13H,4-10H2,1-3H3,(H,15,16). The van der Waals surface area contributed by atoms with E-state index in [9.17, 15) is 4.79 Å². The van der Waals surface area contributed by atoms with E-state index in [2.05, 4.69) is 12.2 Å². The van der Waals surface area contributed by atoms with Gasteiger partial charge in [0.05, 0.1) is 0 Å². The van der Waals surface area contributed by atoms with Crippen molar-refractivity contribution in [1.82, 2.24) is 5.32 Å². The molecule has 1 saturated carbocycles. The zero-order chi connectivity index (χ0) is 12.0. The molecule has 2 nitrogen and oxygen atoms in total. The summed E-state index contributed by atoms with van der Waals surface area (Å²) in [5.74, 6) is 1.47. The molecule has 94 valence electrons. The van der Waals surface area contributed by atoms with Crippen LogP contribution in [-0.2, 0) is 4.79 Å². The van der Waals surface area contributed by atoms with Gasteiger partial charge in [0, 0.05) is 12.0 Å². The van der Waals surface area contributed by atoms with Gasteiger partial charge in [-0.1, -0.05) is 26.2 Å². The topological polar surface area (TPSA) is 29.1 Å². The van der Waals surface area contributed by atoms with Crippen LogP contribution >= 0.6 is 0 Å². The van der Waals surface area contributed by atoms with E-state index in [1.165, 1.54) is 32.1 Å². The highest BCUT2D eigenvalue weighted by molar-refractivity contribution is 5.78. The van der Waals surface area contributed by atoms with Crippen molar-refractivity contribution in [3.63, 3.8) is 0 Å². The Labute approximate surface area is 100 Å². The molecule has 2 heteroatoms. The molecule has 0 unspecified atom stereocenters. The normalized spacial score (nSPS) is 25.8. The quantitative estimate of drug-likeness (QED) is 0.762. The van der Waals surface area contributed by atoms with E-state index in [-0.39, 0.29) is 11.9 Å². The largest absolute Gasteiger partial charge is 0.354 e. The number of carbonyl (C=O) groups excluding carboxylic acids is 1. The lowest BCUT2D eigenvalue weighted by Crippen LogP contribution is -2.37. The lowest BCUT2D eigenvalue weighted by Gasteiger charge is -2.28. The Morgan fingerprint density at radius 1 is 1.25 bits per heavy atom. The van der Waals surface area contributed by atoms with Gasteiger partial charge in [0.2, 0.25) is 5.91 Å². The smallest absolute Gasteiger partial charge is 0.223 e. The molecule has 0 spiro atoms. The molecular formula is C14H27NO. The minimum absolute atomic E-state index is 0.281. The first-order chi connectivity index (χ1) is 7.63. The van der Waals surface area contributed by atoms with Crippen molar-refractivity contribution < 1.29 is 4.79 Å². The first kappa shape index (κ1) is 13.5. The summed E-state index contributed by atoms with van der Waals surface area (Å²) in [6.45, 7) is 6.32. The van der Waals surface area contributed by atoms with Crippen molar-refractivity contribution >= 4 is 5.91 Å². The second-order valence-corrected chi connectivity index (χ2v) is 5.52. The van der Waals surface area contributed by atoms with E-state index in [1.54, 1.807) is 0 Å². The number of unbranched alkanes of at least 4 members (excludes halogenated alkanes) is 1. The fourth-order valence-corrected chi connectivity index (χ4v) is 2.61. The Morgan fingerprint density at radius 2 is 1.88 bits per heavy atom. The first-order valence-electron chi connectivity index (χ1n) is 6.93. The number of nitrogens with one attached hydrogen (secondary N) is 1. The maximum atomic E-state index is 11.8. The molecule has 0 heterocycles. The zero-order valence-electron chi connectivity index (χ0n) is 11.1. The second kappa shape index (κ2) is 6.93. The van der Waals surface area contributed by atoms with Gasteiger partial charge in [-0.3, -0.25) is 4.79 Å². The summed E-state index contributed by atoms with van der Waals surface area (Å²) in [5, 5.41) is 3.03. The number of amides is 1. The number of hydrogen-bond donors (Lipinski definition) is 1. The average Bonchev–Trinajstić information content (AvgIpc) is 2.26. The molecule has 1 amide bonds. The Balaban J connectivity index is 2.23. The van der Waals surface area contributed by atoms with Gasteiger partial charge in [-0.2, -0.15) is 0 Å². The summed E-state index contributed by atoms with van der Waals surface area (Å²) in [7, 11) is 0. The lowest BCUT2D eigenvalue weighted by atomic mass is 9.79. The minimum Gasteiger partial charge on any atom is -0.354 e. The van der Waals surface area contributed by atoms with Crippen LogP contribution in [0.15, 0.2) is 0 Å². The van der Waals surface area contributed by atoms with Crippen LogP contribution in [0.5, 0.6) is 0 Å². The highest BCUT2D eigenvalue weighted by atomic mass is 16.1. The molecule has 0 aromatic heterocycles. The van der Waals surface area contributed by atoms with E-state index in [4.69, 9.17) is 0 Å². The number of carbonyl (C=O) groups is 1. The van der Waals surface area contributed by atoms with Crippen LogP contribution in [0, 0.1) is 11.8 Å². The predicted molar refractivity (Wildman–Crippen MR) is 68.3 cm³/mol. The van der Waals surface area contributed by atoms with Crippen molar-refractivity contribution in [2.24, 2.45) is 11.8 Å². The maximum Gasteiger partial charge on any atom is 0.223 e. The summed E-state index contributed by atoms with van der Waals surface area (Å²) in [4.78, 5) is 11.8. The summed E-state index contributed by atoms with van der Waals surface area (Å²) in [5.41, 5.74) is 0. The molecule has 16 heavy (non-hydrogen) atoms. The average molecular weight is 225 g/mol. The van der Waals surface area contributed by atoms with E-state index in [0.717, 1.165) is 18.8 Å². The summed E-state index contributed by atoms with van der Waals surface area (Å²) >= 11 is 0. The van der Waals surface area contributed by atoms with E-state index in [0.29, 0.717) is 5.92 Å². The van der Waals surface area contributed by atoms with Gasteiger partial charge < -0.3 is 5.32 Å². The van der Waals surface area contributed by atoms with E-state index >= 15 is 0 Å². The first-order valence-corrected chi connectivity index (χ1v) is 6.93. The SMILES string of the molecule is CCCCC1CCC(C(=O)NC(C)C)CC1. The van der Waals surface area contributed by atoms with Gasteiger partial charge in [-0.25, -0.2) is 0 Å².